The molecule has 0 spiro atoms. The largest absolute Gasteiger partial charge is 0.439 e. The van der Waals surface area contributed by atoms with Crippen LogP contribution in [0.3, 0.4) is 0 Å². The van der Waals surface area contributed by atoms with E-state index in [1.165, 1.54) is 12.1 Å². The van der Waals surface area contributed by atoms with Crippen molar-refractivity contribution < 1.29 is 19.0 Å². The highest BCUT2D eigenvalue weighted by Gasteiger charge is 2.28. The van der Waals surface area contributed by atoms with Crippen molar-refractivity contribution in [2.24, 2.45) is 7.05 Å². The fraction of sp³-hybridized carbons (Fsp3) is 0.370. The minimum absolute atomic E-state index is 0.110. The number of aliphatic hydroxyl groups is 1. The van der Waals surface area contributed by atoms with Gasteiger partial charge in [0.1, 0.15) is 17.3 Å². The monoisotopic (exact) mass is 465 g/mol. The lowest BCUT2D eigenvalue weighted by Gasteiger charge is -2.31. The minimum atomic E-state index is -1.06. The summed E-state index contributed by atoms with van der Waals surface area (Å²) < 4.78 is 27.3. The molecule has 3 aromatic rings. The molecule has 0 unspecified atom stereocenters. The molecule has 2 aromatic carbocycles. The summed E-state index contributed by atoms with van der Waals surface area (Å²) in [6.07, 6.45) is 3.70. The number of rotatable bonds is 10. The highest BCUT2D eigenvalue weighted by Crippen LogP contribution is 2.34. The predicted octanol–water partition coefficient (Wildman–Crippen LogP) is 4.94. The van der Waals surface area contributed by atoms with Crippen molar-refractivity contribution in [2.75, 3.05) is 19.7 Å². The van der Waals surface area contributed by atoms with Gasteiger partial charge in [0.05, 0.1) is 17.3 Å². The number of aromatic nitrogens is 2. The minimum Gasteiger partial charge on any atom is -0.439 e. The molecule has 1 aliphatic heterocycles. The van der Waals surface area contributed by atoms with Gasteiger partial charge in [-0.15, -0.1) is 6.58 Å². The van der Waals surface area contributed by atoms with Gasteiger partial charge < -0.3 is 14.6 Å². The second-order valence-corrected chi connectivity index (χ2v) is 9.04. The molecule has 1 saturated heterocycles. The molecule has 1 N–H and O–H groups in total. The van der Waals surface area contributed by atoms with E-state index in [1.807, 2.05) is 37.4 Å². The van der Waals surface area contributed by atoms with Crippen LogP contribution in [0, 0.1) is 5.82 Å². The standard InChI is InChI=1S/C27H32FN3O3/c1-4-27(2,32)19-31(17-23-11-8-16-33-23)18-24-25(20-9-6-5-7-10-20)29-30(3)26(24)34-22-14-12-21(28)13-15-22/h4-7,9-10,12-15,23,32H,1,8,11,16-19H2,2-3H3/t23-,27-/m1/s1. The van der Waals surface area contributed by atoms with Crippen LogP contribution in [0.2, 0.25) is 0 Å². The fourth-order valence-electron chi connectivity index (χ4n) is 4.27. The summed E-state index contributed by atoms with van der Waals surface area (Å²) in [5.74, 6) is 0.770. The Morgan fingerprint density at radius 1 is 1.26 bits per heavy atom. The van der Waals surface area contributed by atoms with E-state index in [-0.39, 0.29) is 11.9 Å². The van der Waals surface area contributed by atoms with Gasteiger partial charge in [0.25, 0.3) is 0 Å². The lowest BCUT2D eigenvalue weighted by molar-refractivity contribution is 0.0241. The summed E-state index contributed by atoms with van der Waals surface area (Å²) >= 11 is 0. The van der Waals surface area contributed by atoms with Crippen LogP contribution in [0.4, 0.5) is 4.39 Å². The highest BCUT2D eigenvalue weighted by molar-refractivity contribution is 5.65. The van der Waals surface area contributed by atoms with Gasteiger partial charge in [-0.05, 0) is 44.0 Å². The van der Waals surface area contributed by atoms with Crippen LogP contribution < -0.4 is 4.74 Å². The first-order valence-corrected chi connectivity index (χ1v) is 11.6. The number of hydrogen-bond donors (Lipinski definition) is 1. The van der Waals surface area contributed by atoms with E-state index >= 15 is 0 Å². The second kappa shape index (κ2) is 10.5. The summed E-state index contributed by atoms with van der Waals surface area (Å²) in [5, 5.41) is 15.6. The van der Waals surface area contributed by atoms with E-state index in [1.54, 1.807) is 29.8 Å². The van der Waals surface area contributed by atoms with Gasteiger partial charge >= 0.3 is 0 Å². The average molecular weight is 466 g/mol. The third-order valence-corrected chi connectivity index (χ3v) is 6.01. The Morgan fingerprint density at radius 3 is 2.65 bits per heavy atom. The van der Waals surface area contributed by atoms with Crippen molar-refractivity contribution in [2.45, 2.75) is 38.0 Å². The van der Waals surface area contributed by atoms with Crippen LogP contribution in [0.1, 0.15) is 25.3 Å². The van der Waals surface area contributed by atoms with Crippen molar-refractivity contribution in [3.05, 3.63) is 78.6 Å². The normalized spacial score (nSPS) is 17.6. The van der Waals surface area contributed by atoms with Gasteiger partial charge in [0.2, 0.25) is 5.88 Å². The van der Waals surface area contributed by atoms with Crippen molar-refractivity contribution in [1.82, 2.24) is 14.7 Å². The van der Waals surface area contributed by atoms with Crippen LogP contribution in [-0.4, -0.2) is 51.2 Å². The smallest absolute Gasteiger partial charge is 0.222 e. The summed E-state index contributed by atoms with van der Waals surface area (Å²) in [4.78, 5) is 2.17. The Kier molecular flexibility index (Phi) is 7.46. The van der Waals surface area contributed by atoms with E-state index in [0.717, 1.165) is 36.3 Å². The Labute approximate surface area is 200 Å². The molecule has 0 radical (unpaired) electrons. The maximum Gasteiger partial charge on any atom is 0.222 e. The predicted molar refractivity (Wildman–Crippen MR) is 130 cm³/mol. The molecule has 1 aliphatic rings. The number of hydrogen-bond acceptors (Lipinski definition) is 5. The molecule has 4 rings (SSSR count). The van der Waals surface area contributed by atoms with E-state index in [0.29, 0.717) is 31.3 Å². The molecule has 6 nitrogen and oxygen atoms in total. The van der Waals surface area contributed by atoms with Crippen molar-refractivity contribution in [3.63, 3.8) is 0 Å². The Bertz CT molecular complexity index is 1090. The number of benzene rings is 2. The first-order valence-electron chi connectivity index (χ1n) is 11.6. The van der Waals surface area contributed by atoms with Crippen LogP contribution in [-0.2, 0) is 18.3 Å². The Morgan fingerprint density at radius 2 is 2.00 bits per heavy atom. The van der Waals surface area contributed by atoms with E-state index in [9.17, 15) is 9.50 Å². The lowest BCUT2D eigenvalue weighted by Crippen LogP contribution is -2.42. The molecule has 0 saturated carbocycles. The molecular weight excluding hydrogens is 433 g/mol. The molecule has 180 valence electrons. The maximum atomic E-state index is 13.4. The van der Waals surface area contributed by atoms with E-state index in [4.69, 9.17) is 14.6 Å². The molecule has 34 heavy (non-hydrogen) atoms. The first-order chi connectivity index (χ1) is 16.3. The number of nitrogens with zero attached hydrogens (tertiary/aromatic N) is 3. The zero-order valence-corrected chi connectivity index (χ0v) is 19.8. The Hall–Kier alpha value is -3.00. The third kappa shape index (κ3) is 5.91. The summed E-state index contributed by atoms with van der Waals surface area (Å²) in [5.41, 5.74) is 1.59. The Balaban J connectivity index is 1.72. The molecule has 1 fully saturated rings. The maximum absolute atomic E-state index is 13.4. The zero-order chi connectivity index (χ0) is 24.1. The van der Waals surface area contributed by atoms with Gasteiger partial charge in [0, 0.05) is 38.9 Å². The topological polar surface area (TPSA) is 59.8 Å². The van der Waals surface area contributed by atoms with Crippen LogP contribution in [0.15, 0.2) is 67.3 Å². The second-order valence-electron chi connectivity index (χ2n) is 9.04. The number of aryl methyl sites for hydroxylation is 1. The van der Waals surface area contributed by atoms with Crippen molar-refractivity contribution >= 4 is 0 Å². The molecule has 2 heterocycles. The molecule has 0 amide bonds. The van der Waals surface area contributed by atoms with E-state index in [2.05, 4.69) is 11.5 Å². The van der Waals surface area contributed by atoms with Gasteiger partial charge in [-0.25, -0.2) is 9.07 Å². The van der Waals surface area contributed by atoms with Gasteiger partial charge in [0.15, 0.2) is 0 Å². The molecule has 0 bridgehead atoms. The van der Waals surface area contributed by atoms with Crippen LogP contribution in [0.5, 0.6) is 11.6 Å². The van der Waals surface area contributed by atoms with Gasteiger partial charge in [-0.3, -0.25) is 4.90 Å². The first kappa shape index (κ1) is 24.1. The summed E-state index contributed by atoms with van der Waals surface area (Å²) in [6.45, 7) is 7.84. The summed E-state index contributed by atoms with van der Waals surface area (Å²) in [6, 6.07) is 15.9. The zero-order valence-electron chi connectivity index (χ0n) is 19.8. The molecule has 0 aliphatic carbocycles. The molecule has 1 aromatic heterocycles. The van der Waals surface area contributed by atoms with Crippen LogP contribution >= 0.6 is 0 Å². The molecule has 7 heteroatoms. The highest BCUT2D eigenvalue weighted by atomic mass is 19.1. The van der Waals surface area contributed by atoms with Gasteiger partial charge in [-0.1, -0.05) is 36.4 Å². The summed E-state index contributed by atoms with van der Waals surface area (Å²) in [7, 11) is 1.83. The SMILES string of the molecule is C=C[C@@](C)(O)CN(Cc1c(-c2ccccc2)nn(C)c1Oc1ccc(F)cc1)C[C@H]1CCCO1. The quantitative estimate of drug-likeness (QED) is 0.430. The third-order valence-electron chi connectivity index (χ3n) is 6.01. The number of halogens is 1. The van der Waals surface area contributed by atoms with Crippen molar-refractivity contribution in [3.8, 4) is 22.9 Å². The molecule has 2 atom stereocenters. The average Bonchev–Trinajstić information content (AvgIpc) is 3.44. The number of ether oxygens (including phenoxy) is 2. The van der Waals surface area contributed by atoms with E-state index < -0.39 is 5.60 Å². The van der Waals surface area contributed by atoms with Crippen LogP contribution in [0.25, 0.3) is 11.3 Å². The fourth-order valence-corrected chi connectivity index (χ4v) is 4.27. The molecular formula is C27H32FN3O3. The van der Waals surface area contributed by atoms with Crippen molar-refractivity contribution in [1.29, 1.82) is 0 Å². The van der Waals surface area contributed by atoms with Gasteiger partial charge in [-0.2, -0.15) is 5.10 Å². The lowest BCUT2D eigenvalue weighted by atomic mass is 10.0.